The first-order chi connectivity index (χ1) is 16.5. The number of unbranched alkanes of at least 4 members (excludes halogenated alkanes) is 9. The normalized spacial score (nSPS) is 18.8. The van der Waals surface area contributed by atoms with Crippen molar-refractivity contribution in [2.75, 3.05) is 13.2 Å². The van der Waals surface area contributed by atoms with Crippen LogP contribution in [-0.4, -0.2) is 27.1 Å². The predicted octanol–water partition coefficient (Wildman–Crippen LogP) is 7.68. The van der Waals surface area contributed by atoms with Crippen molar-refractivity contribution in [2.24, 2.45) is 0 Å². The summed E-state index contributed by atoms with van der Waals surface area (Å²) in [5, 5.41) is 3.84. The molecule has 1 saturated heterocycles. The number of halogens is 1. The van der Waals surface area contributed by atoms with Gasteiger partial charge < -0.3 is 5.32 Å². The first-order valence-corrected chi connectivity index (χ1v) is 15.8. The summed E-state index contributed by atoms with van der Waals surface area (Å²) >= 11 is 2.16. The van der Waals surface area contributed by atoms with E-state index in [0.717, 1.165) is 37.8 Å². The lowest BCUT2D eigenvalue weighted by atomic mass is 9.84. The van der Waals surface area contributed by atoms with Crippen LogP contribution in [0.15, 0.2) is 29.2 Å². The Kier molecular flexibility index (Phi) is 14.8. The smallest absolute Gasteiger partial charge is 0.296 e. The van der Waals surface area contributed by atoms with Gasteiger partial charge in [-0.25, -0.2) is 0 Å². The van der Waals surface area contributed by atoms with Crippen molar-refractivity contribution in [3.8, 4) is 9.85 Å². The molecule has 1 heterocycles. The Morgan fingerprint density at radius 1 is 0.912 bits per heavy atom. The van der Waals surface area contributed by atoms with E-state index >= 15 is 0 Å². The third kappa shape index (κ3) is 11.9. The van der Waals surface area contributed by atoms with Crippen molar-refractivity contribution >= 4 is 32.7 Å². The van der Waals surface area contributed by atoms with Gasteiger partial charge in [-0.2, -0.15) is 8.42 Å². The van der Waals surface area contributed by atoms with Crippen LogP contribution in [-0.2, 0) is 14.3 Å². The maximum absolute atomic E-state index is 12.2. The topological polar surface area (TPSA) is 55.4 Å². The summed E-state index contributed by atoms with van der Waals surface area (Å²) < 4.78 is 32.6. The molecule has 192 valence electrons. The minimum Gasteiger partial charge on any atom is -0.310 e. The summed E-state index contributed by atoms with van der Waals surface area (Å²) in [5.41, 5.74) is 1.30. The third-order valence-electron chi connectivity index (χ3n) is 6.92. The average molecular weight is 602 g/mol. The molecule has 0 aliphatic carbocycles. The Labute approximate surface area is 222 Å². The molecule has 1 fully saturated rings. The van der Waals surface area contributed by atoms with Crippen molar-refractivity contribution in [3.63, 3.8) is 0 Å². The summed E-state index contributed by atoms with van der Waals surface area (Å²) in [6, 6.07) is 6.81. The van der Waals surface area contributed by atoms with Crippen molar-refractivity contribution in [3.05, 3.63) is 29.8 Å². The van der Waals surface area contributed by atoms with Crippen LogP contribution in [0, 0.1) is 16.8 Å². The molecule has 0 spiro atoms. The fraction of sp³-hybridized carbons (Fsp3) is 0.714. The number of hydrogen-bond acceptors (Lipinski definition) is 4. The van der Waals surface area contributed by atoms with E-state index in [1.807, 2.05) is 6.92 Å². The molecule has 4 nitrogen and oxygen atoms in total. The highest BCUT2D eigenvalue weighted by Crippen LogP contribution is 2.28. The maximum atomic E-state index is 12.2. The molecule has 1 unspecified atom stereocenters. The number of nitrogens with one attached hydrogen (secondary N) is 1. The Bertz CT molecular complexity index is 835. The molecule has 0 aromatic heterocycles. The molecule has 0 radical (unpaired) electrons. The molecular formula is C28H44INO3S. The highest BCUT2D eigenvalue weighted by atomic mass is 127. The van der Waals surface area contributed by atoms with Gasteiger partial charge in [0.15, 0.2) is 0 Å². The standard InChI is InChI=1S/C28H44INO3S/c1-26-16-18-27(19-17-26)34(31,32)33-25-14-9-7-5-3-2-4-6-8-11-20-28(22-15-23-29)21-12-10-13-24-30-28/h16-19,30H,2-14,20-22,24-25H2,1H3. The zero-order valence-corrected chi connectivity index (χ0v) is 24.0. The van der Waals surface area contributed by atoms with Gasteiger partial charge in [-0.15, -0.1) is 0 Å². The Balaban J connectivity index is 1.45. The minimum atomic E-state index is -3.62. The fourth-order valence-electron chi connectivity index (χ4n) is 4.78. The number of rotatable bonds is 16. The van der Waals surface area contributed by atoms with E-state index in [9.17, 15) is 8.42 Å². The highest BCUT2D eigenvalue weighted by Gasteiger charge is 2.29. The molecule has 0 bridgehead atoms. The van der Waals surface area contributed by atoms with Gasteiger partial charge in [0.1, 0.15) is 0 Å². The van der Waals surface area contributed by atoms with E-state index in [1.54, 1.807) is 24.3 Å². The summed E-state index contributed by atoms with van der Waals surface area (Å²) in [6.45, 7) is 3.36. The summed E-state index contributed by atoms with van der Waals surface area (Å²) in [6.07, 6.45) is 19.6. The van der Waals surface area contributed by atoms with Crippen LogP contribution in [0.2, 0.25) is 0 Å². The van der Waals surface area contributed by atoms with Gasteiger partial charge in [0.2, 0.25) is 0 Å². The van der Waals surface area contributed by atoms with E-state index in [4.69, 9.17) is 4.18 Å². The molecule has 0 amide bonds. The minimum absolute atomic E-state index is 0.244. The second kappa shape index (κ2) is 16.9. The Morgan fingerprint density at radius 3 is 2.18 bits per heavy atom. The second-order valence-electron chi connectivity index (χ2n) is 9.84. The molecule has 1 N–H and O–H groups in total. The average Bonchev–Trinajstić information content (AvgIpc) is 3.07. The van der Waals surface area contributed by atoms with E-state index < -0.39 is 10.1 Å². The molecule has 1 atom stereocenters. The Hall–Kier alpha value is -0.620. The van der Waals surface area contributed by atoms with Crippen LogP contribution in [0.4, 0.5) is 0 Å². The third-order valence-corrected chi connectivity index (χ3v) is 8.63. The first kappa shape index (κ1) is 29.6. The van der Waals surface area contributed by atoms with Crippen molar-refractivity contribution in [2.45, 2.75) is 120 Å². The van der Waals surface area contributed by atoms with Crippen LogP contribution < -0.4 is 5.32 Å². The Morgan fingerprint density at radius 2 is 1.53 bits per heavy atom. The lowest BCUT2D eigenvalue weighted by Gasteiger charge is -2.32. The monoisotopic (exact) mass is 601 g/mol. The lowest BCUT2D eigenvalue weighted by Crippen LogP contribution is -2.44. The molecule has 6 heteroatoms. The zero-order chi connectivity index (χ0) is 24.5. The van der Waals surface area contributed by atoms with Crippen molar-refractivity contribution < 1.29 is 12.6 Å². The molecule has 1 aromatic carbocycles. The number of benzene rings is 1. The maximum Gasteiger partial charge on any atom is 0.296 e. The second-order valence-corrected chi connectivity index (χ2v) is 12.0. The summed E-state index contributed by atoms with van der Waals surface area (Å²) in [5.74, 6) is 3.33. The molecule has 1 aromatic rings. The fourth-order valence-corrected chi connectivity index (χ4v) is 5.92. The van der Waals surface area contributed by atoms with E-state index in [-0.39, 0.29) is 17.0 Å². The first-order valence-electron chi connectivity index (χ1n) is 13.3. The van der Waals surface area contributed by atoms with Crippen molar-refractivity contribution in [1.29, 1.82) is 0 Å². The van der Waals surface area contributed by atoms with Gasteiger partial charge in [-0.1, -0.05) is 94.2 Å². The van der Waals surface area contributed by atoms with Gasteiger partial charge in [0.25, 0.3) is 10.1 Å². The van der Waals surface area contributed by atoms with Gasteiger partial charge in [0, 0.05) is 34.6 Å². The molecule has 2 rings (SSSR count). The number of hydrogen-bond donors (Lipinski definition) is 1. The van der Waals surface area contributed by atoms with Crippen LogP contribution in [0.5, 0.6) is 0 Å². The summed E-state index contributed by atoms with van der Waals surface area (Å²) in [4.78, 5) is 0.244. The molecular weight excluding hydrogens is 557 g/mol. The molecule has 0 saturated carbocycles. The van der Waals surface area contributed by atoms with Gasteiger partial charge in [-0.3, -0.25) is 4.18 Å². The van der Waals surface area contributed by atoms with Crippen LogP contribution in [0.3, 0.4) is 0 Å². The van der Waals surface area contributed by atoms with E-state index in [1.165, 1.54) is 77.0 Å². The lowest BCUT2D eigenvalue weighted by molar-refractivity contribution is 0.289. The molecule has 1 aliphatic heterocycles. The molecule has 34 heavy (non-hydrogen) atoms. The van der Waals surface area contributed by atoms with E-state index in [0.29, 0.717) is 0 Å². The van der Waals surface area contributed by atoms with E-state index in [2.05, 4.69) is 37.8 Å². The van der Waals surface area contributed by atoms with Gasteiger partial charge in [-0.05, 0) is 55.2 Å². The number of aryl methyl sites for hydroxylation is 1. The quantitative estimate of drug-likeness (QED) is 0.0914. The predicted molar refractivity (Wildman–Crippen MR) is 151 cm³/mol. The van der Waals surface area contributed by atoms with Gasteiger partial charge >= 0.3 is 0 Å². The van der Waals surface area contributed by atoms with Crippen LogP contribution in [0.1, 0.15) is 108 Å². The largest absolute Gasteiger partial charge is 0.310 e. The van der Waals surface area contributed by atoms with Gasteiger partial charge in [0.05, 0.1) is 11.5 Å². The van der Waals surface area contributed by atoms with Crippen LogP contribution >= 0.6 is 22.6 Å². The highest BCUT2D eigenvalue weighted by molar-refractivity contribution is 14.1. The zero-order valence-electron chi connectivity index (χ0n) is 21.0. The summed E-state index contributed by atoms with van der Waals surface area (Å²) in [7, 11) is -3.62. The molecule has 1 aliphatic rings. The van der Waals surface area contributed by atoms with Crippen LogP contribution in [0.25, 0.3) is 0 Å². The van der Waals surface area contributed by atoms with Crippen molar-refractivity contribution in [1.82, 2.24) is 5.32 Å². The SMILES string of the molecule is Cc1ccc(S(=O)(=O)OCCCCCCCCCCCCC2(CC#CI)CCCCCN2)cc1.